The van der Waals surface area contributed by atoms with E-state index in [0.717, 1.165) is 31.9 Å². The fourth-order valence-electron chi connectivity index (χ4n) is 2.37. The SMILES string of the molecule is CC(=O)c1cccc(N2CCNCC2)c1C(C)=O. The summed E-state index contributed by atoms with van der Waals surface area (Å²) in [6, 6.07) is 5.50. The van der Waals surface area contributed by atoms with Crippen LogP contribution < -0.4 is 10.2 Å². The minimum Gasteiger partial charge on any atom is -0.368 e. The molecule has 0 amide bonds. The Labute approximate surface area is 107 Å². The standard InChI is InChI=1S/C14H18N2O2/c1-10(17)12-4-3-5-13(14(12)11(2)18)16-8-6-15-7-9-16/h3-5,15H,6-9H2,1-2H3. The number of ketones is 2. The fraction of sp³-hybridized carbons (Fsp3) is 0.429. The molecule has 0 saturated carbocycles. The molecule has 0 bridgehead atoms. The van der Waals surface area contributed by atoms with Gasteiger partial charge in [-0.3, -0.25) is 9.59 Å². The molecule has 18 heavy (non-hydrogen) atoms. The normalized spacial score (nSPS) is 15.6. The molecular formula is C14H18N2O2. The molecule has 1 N–H and O–H groups in total. The van der Waals surface area contributed by atoms with Crippen LogP contribution in [0.3, 0.4) is 0 Å². The first-order chi connectivity index (χ1) is 8.61. The Morgan fingerprint density at radius 3 is 2.33 bits per heavy atom. The summed E-state index contributed by atoms with van der Waals surface area (Å²) in [5.74, 6) is -0.105. The Morgan fingerprint density at radius 2 is 1.78 bits per heavy atom. The summed E-state index contributed by atoms with van der Waals surface area (Å²) in [7, 11) is 0. The van der Waals surface area contributed by atoms with E-state index < -0.39 is 0 Å². The fourth-order valence-corrected chi connectivity index (χ4v) is 2.37. The third-order valence-corrected chi connectivity index (χ3v) is 3.23. The third kappa shape index (κ3) is 2.43. The van der Waals surface area contributed by atoms with Gasteiger partial charge in [-0.25, -0.2) is 0 Å². The van der Waals surface area contributed by atoms with Crippen molar-refractivity contribution in [3.63, 3.8) is 0 Å². The number of piperazine rings is 1. The summed E-state index contributed by atoms with van der Waals surface area (Å²) in [6.07, 6.45) is 0. The summed E-state index contributed by atoms with van der Waals surface area (Å²) < 4.78 is 0. The van der Waals surface area contributed by atoms with Crippen molar-refractivity contribution < 1.29 is 9.59 Å². The number of benzene rings is 1. The molecule has 0 atom stereocenters. The van der Waals surface area contributed by atoms with Crippen LogP contribution in [-0.4, -0.2) is 37.7 Å². The molecule has 1 aliphatic rings. The third-order valence-electron chi connectivity index (χ3n) is 3.23. The molecule has 1 fully saturated rings. The number of nitrogens with zero attached hydrogens (tertiary/aromatic N) is 1. The second-order valence-corrected chi connectivity index (χ2v) is 4.55. The van der Waals surface area contributed by atoms with E-state index in [1.807, 2.05) is 12.1 Å². The van der Waals surface area contributed by atoms with Crippen LogP contribution in [0.4, 0.5) is 5.69 Å². The van der Waals surface area contributed by atoms with Crippen molar-refractivity contribution in [3.8, 4) is 0 Å². The molecule has 4 nitrogen and oxygen atoms in total. The average Bonchev–Trinajstić information content (AvgIpc) is 2.38. The van der Waals surface area contributed by atoms with Crippen molar-refractivity contribution in [2.45, 2.75) is 13.8 Å². The first-order valence-electron chi connectivity index (χ1n) is 6.22. The van der Waals surface area contributed by atoms with Gasteiger partial charge in [0.25, 0.3) is 0 Å². The van der Waals surface area contributed by atoms with Gasteiger partial charge in [0.1, 0.15) is 0 Å². The molecule has 1 saturated heterocycles. The van der Waals surface area contributed by atoms with Crippen LogP contribution in [0.25, 0.3) is 0 Å². The highest BCUT2D eigenvalue weighted by Crippen LogP contribution is 2.25. The summed E-state index contributed by atoms with van der Waals surface area (Å²) >= 11 is 0. The van der Waals surface area contributed by atoms with E-state index in [9.17, 15) is 9.59 Å². The monoisotopic (exact) mass is 246 g/mol. The van der Waals surface area contributed by atoms with E-state index in [1.165, 1.54) is 13.8 Å². The minimum atomic E-state index is -0.0582. The van der Waals surface area contributed by atoms with Crippen molar-refractivity contribution in [1.29, 1.82) is 0 Å². The second kappa shape index (κ2) is 5.31. The Bertz CT molecular complexity index is 477. The Morgan fingerprint density at radius 1 is 1.11 bits per heavy atom. The van der Waals surface area contributed by atoms with Gasteiger partial charge in [0.05, 0.1) is 5.56 Å². The molecule has 96 valence electrons. The van der Waals surface area contributed by atoms with Crippen molar-refractivity contribution in [2.24, 2.45) is 0 Å². The quantitative estimate of drug-likeness (QED) is 0.821. The number of carbonyl (C=O) groups is 2. The van der Waals surface area contributed by atoms with Crippen molar-refractivity contribution in [1.82, 2.24) is 5.32 Å². The van der Waals surface area contributed by atoms with Crippen molar-refractivity contribution in [3.05, 3.63) is 29.3 Å². The molecule has 0 radical (unpaired) electrons. The zero-order valence-corrected chi connectivity index (χ0v) is 10.8. The first-order valence-corrected chi connectivity index (χ1v) is 6.22. The highest BCUT2D eigenvalue weighted by molar-refractivity contribution is 6.10. The summed E-state index contributed by atoms with van der Waals surface area (Å²) in [4.78, 5) is 25.6. The highest BCUT2D eigenvalue weighted by atomic mass is 16.1. The molecule has 1 aliphatic heterocycles. The Kier molecular flexibility index (Phi) is 3.77. The Balaban J connectivity index is 2.48. The summed E-state index contributed by atoms with van der Waals surface area (Å²) in [5.41, 5.74) is 1.97. The molecule has 0 aromatic heterocycles. The molecule has 0 unspecified atom stereocenters. The van der Waals surface area contributed by atoms with Gasteiger partial charge in [-0.05, 0) is 19.9 Å². The molecule has 0 spiro atoms. The number of Topliss-reactive ketones (excluding diaryl/α,β-unsaturated/α-hetero) is 2. The van der Waals surface area contributed by atoms with Gasteiger partial charge in [0.15, 0.2) is 11.6 Å². The maximum atomic E-state index is 11.8. The van der Waals surface area contributed by atoms with Crippen LogP contribution in [-0.2, 0) is 0 Å². The molecular weight excluding hydrogens is 228 g/mol. The predicted octanol–water partition coefficient (Wildman–Crippen LogP) is 1.50. The largest absolute Gasteiger partial charge is 0.368 e. The van der Waals surface area contributed by atoms with Crippen molar-refractivity contribution in [2.75, 3.05) is 31.1 Å². The molecule has 0 aliphatic carbocycles. The highest BCUT2D eigenvalue weighted by Gasteiger charge is 2.20. The summed E-state index contributed by atoms with van der Waals surface area (Å²) in [5, 5.41) is 3.28. The number of carbonyl (C=O) groups excluding carboxylic acids is 2. The number of nitrogens with one attached hydrogen (secondary N) is 1. The topological polar surface area (TPSA) is 49.4 Å². The maximum absolute atomic E-state index is 11.8. The molecule has 1 aromatic carbocycles. The zero-order chi connectivity index (χ0) is 13.1. The molecule has 2 rings (SSSR count). The van der Waals surface area contributed by atoms with Gasteiger partial charge in [0, 0.05) is 37.4 Å². The minimum absolute atomic E-state index is 0.0469. The van der Waals surface area contributed by atoms with Gasteiger partial charge < -0.3 is 10.2 Å². The van der Waals surface area contributed by atoms with E-state index in [4.69, 9.17) is 0 Å². The van der Waals surface area contributed by atoms with Gasteiger partial charge in [-0.15, -0.1) is 0 Å². The second-order valence-electron chi connectivity index (χ2n) is 4.55. The number of anilines is 1. The van der Waals surface area contributed by atoms with Crippen LogP contribution in [0.5, 0.6) is 0 Å². The van der Waals surface area contributed by atoms with E-state index >= 15 is 0 Å². The van der Waals surface area contributed by atoms with E-state index in [0.29, 0.717) is 11.1 Å². The number of rotatable bonds is 3. The lowest BCUT2D eigenvalue weighted by molar-refractivity contribution is 0.0981. The van der Waals surface area contributed by atoms with E-state index in [2.05, 4.69) is 10.2 Å². The average molecular weight is 246 g/mol. The van der Waals surface area contributed by atoms with E-state index in [-0.39, 0.29) is 11.6 Å². The van der Waals surface area contributed by atoms with Crippen LogP contribution >= 0.6 is 0 Å². The molecule has 4 heteroatoms. The predicted molar refractivity (Wildman–Crippen MR) is 71.5 cm³/mol. The molecule has 1 heterocycles. The van der Waals surface area contributed by atoms with Crippen molar-refractivity contribution >= 4 is 17.3 Å². The zero-order valence-electron chi connectivity index (χ0n) is 10.8. The van der Waals surface area contributed by atoms with Gasteiger partial charge in [-0.2, -0.15) is 0 Å². The van der Waals surface area contributed by atoms with Gasteiger partial charge >= 0.3 is 0 Å². The Hall–Kier alpha value is -1.68. The molecule has 1 aromatic rings. The van der Waals surface area contributed by atoms with Crippen LogP contribution in [0.2, 0.25) is 0 Å². The lowest BCUT2D eigenvalue weighted by atomic mass is 9.98. The van der Waals surface area contributed by atoms with Crippen LogP contribution in [0, 0.1) is 0 Å². The van der Waals surface area contributed by atoms with E-state index in [1.54, 1.807) is 6.07 Å². The van der Waals surface area contributed by atoms with Gasteiger partial charge in [0.2, 0.25) is 0 Å². The lowest BCUT2D eigenvalue weighted by Crippen LogP contribution is -2.44. The summed E-state index contributed by atoms with van der Waals surface area (Å²) in [6.45, 7) is 6.56. The number of hydrogen-bond acceptors (Lipinski definition) is 4. The van der Waals surface area contributed by atoms with Crippen LogP contribution in [0.15, 0.2) is 18.2 Å². The number of hydrogen-bond donors (Lipinski definition) is 1. The smallest absolute Gasteiger partial charge is 0.162 e. The van der Waals surface area contributed by atoms with Gasteiger partial charge in [-0.1, -0.05) is 12.1 Å². The lowest BCUT2D eigenvalue weighted by Gasteiger charge is -2.31. The maximum Gasteiger partial charge on any atom is 0.162 e. The van der Waals surface area contributed by atoms with Crippen LogP contribution in [0.1, 0.15) is 34.6 Å². The first kappa shape index (κ1) is 12.8.